The van der Waals surface area contributed by atoms with Crippen molar-refractivity contribution in [3.05, 3.63) is 34.9 Å². The Morgan fingerprint density at radius 2 is 1.75 bits per heavy atom. The molecule has 0 fully saturated rings. The van der Waals surface area contributed by atoms with Gasteiger partial charge in [-0.05, 0) is 43.0 Å². The Kier molecular flexibility index (Phi) is 2.66. The molecule has 0 atom stereocenters. The molecule has 1 rings (SSSR count). The minimum absolute atomic E-state index is 0.609. The van der Waals surface area contributed by atoms with Gasteiger partial charge < -0.3 is 0 Å². The number of hydrogen-bond donors (Lipinski definition) is 0. The molecule has 0 aliphatic rings. The highest BCUT2D eigenvalue weighted by molar-refractivity contribution is 5.74. The molecular weight excluding hydrogens is 148 g/mol. The largest absolute Gasteiger partial charge is 0.289 e. The molecule has 12 heavy (non-hydrogen) atoms. The highest BCUT2D eigenvalue weighted by Gasteiger charge is 1.90. The zero-order chi connectivity index (χ0) is 8.97. The Morgan fingerprint density at radius 1 is 1.17 bits per heavy atom. The van der Waals surface area contributed by atoms with E-state index in [-0.39, 0.29) is 0 Å². The van der Waals surface area contributed by atoms with Crippen LogP contribution in [0.1, 0.15) is 16.7 Å². The van der Waals surface area contributed by atoms with Crippen molar-refractivity contribution < 1.29 is 4.79 Å². The average Bonchev–Trinajstić information content (AvgIpc) is 1.99. The highest BCUT2D eigenvalue weighted by Crippen LogP contribution is 2.06. The fourth-order valence-electron chi connectivity index (χ4n) is 1.16. The molecule has 0 aliphatic heterocycles. The van der Waals surface area contributed by atoms with Gasteiger partial charge in [0.1, 0.15) is 0 Å². The van der Waals surface area contributed by atoms with Crippen LogP contribution in [0.2, 0.25) is 0 Å². The molecule has 0 aliphatic carbocycles. The van der Waals surface area contributed by atoms with Crippen LogP contribution in [0.25, 0.3) is 0 Å². The summed E-state index contributed by atoms with van der Waals surface area (Å²) in [4.78, 5) is 9.97. The average molecular weight is 158 g/mol. The van der Waals surface area contributed by atoms with E-state index in [0.29, 0.717) is 6.29 Å². The van der Waals surface area contributed by atoms with Gasteiger partial charge in [-0.2, -0.15) is 0 Å². The summed E-state index contributed by atoms with van der Waals surface area (Å²) in [5, 5.41) is 0. The lowest BCUT2D eigenvalue weighted by atomic mass is 10.1. The van der Waals surface area contributed by atoms with Crippen LogP contribution in [0.3, 0.4) is 0 Å². The van der Waals surface area contributed by atoms with Crippen LogP contribution in [0, 0.1) is 25.7 Å². The third-order valence-corrected chi connectivity index (χ3v) is 1.50. The summed E-state index contributed by atoms with van der Waals surface area (Å²) in [6, 6.07) is 6.00. The summed E-state index contributed by atoms with van der Waals surface area (Å²) < 4.78 is 0. The van der Waals surface area contributed by atoms with E-state index in [9.17, 15) is 4.79 Å². The van der Waals surface area contributed by atoms with Gasteiger partial charge in [0.2, 0.25) is 0 Å². The molecule has 0 saturated carbocycles. The van der Waals surface area contributed by atoms with Gasteiger partial charge in [-0.3, -0.25) is 4.79 Å². The van der Waals surface area contributed by atoms with Gasteiger partial charge in [-0.15, -0.1) is 0 Å². The first-order valence-corrected chi connectivity index (χ1v) is 3.76. The molecule has 60 valence electrons. The van der Waals surface area contributed by atoms with E-state index in [1.807, 2.05) is 26.0 Å². The third-order valence-electron chi connectivity index (χ3n) is 1.50. The van der Waals surface area contributed by atoms with E-state index in [0.717, 1.165) is 5.56 Å². The van der Waals surface area contributed by atoms with Crippen LogP contribution in [0.5, 0.6) is 0 Å². The molecule has 0 amide bonds. The zero-order valence-corrected chi connectivity index (χ0v) is 7.22. The molecule has 0 heterocycles. The van der Waals surface area contributed by atoms with Gasteiger partial charge in [-0.25, -0.2) is 0 Å². The van der Waals surface area contributed by atoms with Crippen LogP contribution in [-0.2, 0) is 4.79 Å². The van der Waals surface area contributed by atoms with Crippen LogP contribution < -0.4 is 0 Å². The number of rotatable bonds is 0. The van der Waals surface area contributed by atoms with Crippen LogP contribution >= 0.6 is 0 Å². The van der Waals surface area contributed by atoms with Gasteiger partial charge in [0.25, 0.3) is 0 Å². The molecular formula is C11H10O. The first-order valence-electron chi connectivity index (χ1n) is 3.76. The van der Waals surface area contributed by atoms with Crippen molar-refractivity contribution in [2.75, 3.05) is 0 Å². The van der Waals surface area contributed by atoms with E-state index in [4.69, 9.17) is 0 Å². The molecule has 0 unspecified atom stereocenters. The Labute approximate surface area is 72.4 Å². The lowest BCUT2D eigenvalue weighted by molar-refractivity contribution is -0.103. The second-order valence-corrected chi connectivity index (χ2v) is 2.76. The summed E-state index contributed by atoms with van der Waals surface area (Å²) in [5.74, 6) is 5.15. The Hall–Kier alpha value is -1.55. The molecule has 0 saturated heterocycles. The van der Waals surface area contributed by atoms with E-state index < -0.39 is 0 Å². The minimum atomic E-state index is 0.609. The maximum Gasteiger partial charge on any atom is 0.193 e. The molecule has 1 aromatic rings. The Morgan fingerprint density at radius 3 is 2.25 bits per heavy atom. The van der Waals surface area contributed by atoms with Crippen molar-refractivity contribution in [2.45, 2.75) is 13.8 Å². The van der Waals surface area contributed by atoms with Crippen molar-refractivity contribution in [2.24, 2.45) is 0 Å². The SMILES string of the molecule is Cc1cc(C)cc(C#CC=O)c1. The number of carbonyl (C=O) groups excluding carboxylic acids is 1. The lowest BCUT2D eigenvalue weighted by Crippen LogP contribution is -1.80. The Balaban J connectivity index is 3.08. The third kappa shape index (κ3) is 2.25. The first-order chi connectivity index (χ1) is 5.72. The fourth-order valence-corrected chi connectivity index (χ4v) is 1.16. The standard InChI is InChI=1S/C11H10O/c1-9-6-10(2)8-11(7-9)4-3-5-12/h5-8H,1-2H3. The quantitative estimate of drug-likeness (QED) is 0.416. The monoisotopic (exact) mass is 158 g/mol. The molecule has 0 bridgehead atoms. The van der Waals surface area contributed by atoms with E-state index in [1.54, 1.807) is 0 Å². The van der Waals surface area contributed by atoms with Gasteiger partial charge in [-0.1, -0.05) is 12.0 Å². The van der Waals surface area contributed by atoms with Gasteiger partial charge >= 0.3 is 0 Å². The number of aryl methyl sites for hydroxylation is 2. The van der Waals surface area contributed by atoms with Crippen molar-refractivity contribution in [1.29, 1.82) is 0 Å². The summed E-state index contributed by atoms with van der Waals surface area (Å²) in [6.07, 6.45) is 0.609. The second kappa shape index (κ2) is 3.73. The molecule has 1 nitrogen and oxygen atoms in total. The maximum absolute atomic E-state index is 9.97. The fraction of sp³-hybridized carbons (Fsp3) is 0.182. The maximum atomic E-state index is 9.97. The molecule has 0 aromatic heterocycles. The molecule has 0 spiro atoms. The van der Waals surface area contributed by atoms with E-state index in [2.05, 4.69) is 17.9 Å². The first kappa shape index (κ1) is 8.55. The van der Waals surface area contributed by atoms with E-state index in [1.165, 1.54) is 11.1 Å². The molecule has 1 aromatic carbocycles. The smallest absolute Gasteiger partial charge is 0.193 e. The topological polar surface area (TPSA) is 17.1 Å². The normalized spacial score (nSPS) is 8.50. The highest BCUT2D eigenvalue weighted by atomic mass is 16.1. The van der Waals surface area contributed by atoms with Crippen molar-refractivity contribution >= 4 is 6.29 Å². The zero-order valence-electron chi connectivity index (χ0n) is 7.22. The van der Waals surface area contributed by atoms with Crippen LogP contribution in [0.15, 0.2) is 18.2 Å². The predicted molar refractivity (Wildman–Crippen MR) is 48.9 cm³/mol. The number of carbonyl (C=O) groups is 1. The van der Waals surface area contributed by atoms with Crippen molar-refractivity contribution in [3.63, 3.8) is 0 Å². The minimum Gasteiger partial charge on any atom is -0.289 e. The van der Waals surface area contributed by atoms with Crippen LogP contribution in [0.4, 0.5) is 0 Å². The van der Waals surface area contributed by atoms with Gasteiger partial charge in [0.15, 0.2) is 6.29 Å². The van der Waals surface area contributed by atoms with E-state index >= 15 is 0 Å². The number of benzene rings is 1. The second-order valence-electron chi connectivity index (χ2n) is 2.76. The summed E-state index contributed by atoms with van der Waals surface area (Å²) in [5.41, 5.74) is 3.25. The number of aldehydes is 1. The van der Waals surface area contributed by atoms with Gasteiger partial charge in [0, 0.05) is 5.56 Å². The summed E-state index contributed by atoms with van der Waals surface area (Å²) >= 11 is 0. The van der Waals surface area contributed by atoms with Crippen molar-refractivity contribution in [1.82, 2.24) is 0 Å². The Bertz CT molecular complexity index is 333. The molecule has 0 radical (unpaired) electrons. The summed E-state index contributed by atoms with van der Waals surface area (Å²) in [7, 11) is 0. The van der Waals surface area contributed by atoms with Gasteiger partial charge in [0.05, 0.1) is 0 Å². The summed E-state index contributed by atoms with van der Waals surface area (Å²) in [6.45, 7) is 4.03. The molecule has 0 N–H and O–H groups in total. The molecule has 1 heteroatoms. The number of hydrogen-bond acceptors (Lipinski definition) is 1. The van der Waals surface area contributed by atoms with Crippen molar-refractivity contribution in [3.8, 4) is 11.8 Å². The van der Waals surface area contributed by atoms with Crippen LogP contribution in [-0.4, -0.2) is 6.29 Å². The predicted octanol–water partition coefficient (Wildman–Crippen LogP) is 1.85. The lowest BCUT2D eigenvalue weighted by Gasteiger charge is -1.96.